The van der Waals surface area contributed by atoms with Gasteiger partial charge in [0.05, 0.1) is 24.3 Å². The zero-order valence-electron chi connectivity index (χ0n) is 21.3. The normalized spacial score (nSPS) is 15.7. The summed E-state index contributed by atoms with van der Waals surface area (Å²) in [4.78, 5) is 19.7. The molecule has 1 unspecified atom stereocenters. The molecule has 4 rings (SSSR count). The minimum Gasteiger partial charge on any atom is -0.479 e. The smallest absolute Gasteiger partial charge is 0.337 e. The summed E-state index contributed by atoms with van der Waals surface area (Å²) >= 11 is 6.16. The van der Waals surface area contributed by atoms with Crippen molar-refractivity contribution in [2.24, 2.45) is 0 Å². The molecule has 0 aliphatic carbocycles. The summed E-state index contributed by atoms with van der Waals surface area (Å²) in [7, 11) is 0. The number of aryl methyl sites for hydroxylation is 1. The second kappa shape index (κ2) is 11.1. The van der Waals surface area contributed by atoms with E-state index >= 15 is 0 Å². The molecule has 192 valence electrons. The number of benzene rings is 2. The number of hydrogen-bond donors (Lipinski definition) is 2. The van der Waals surface area contributed by atoms with Crippen molar-refractivity contribution in [3.63, 3.8) is 0 Å². The van der Waals surface area contributed by atoms with Gasteiger partial charge in [-0.3, -0.25) is 4.90 Å². The van der Waals surface area contributed by atoms with E-state index in [-0.39, 0.29) is 0 Å². The first-order chi connectivity index (χ1) is 17.1. The van der Waals surface area contributed by atoms with Crippen LogP contribution in [0.2, 0.25) is 5.02 Å². The molecule has 1 aromatic heterocycles. The molecule has 0 spiro atoms. The minimum atomic E-state index is -1.13. The van der Waals surface area contributed by atoms with Gasteiger partial charge in [-0.15, -0.1) is 0 Å². The third-order valence-electron chi connectivity index (χ3n) is 6.17. The third-order valence-corrected chi connectivity index (χ3v) is 6.42. The Bertz CT molecular complexity index is 1220. The fraction of sp³-hybridized carbons (Fsp3) is 0.429. The van der Waals surface area contributed by atoms with Crippen LogP contribution in [0.3, 0.4) is 0 Å². The largest absolute Gasteiger partial charge is 0.479 e. The van der Waals surface area contributed by atoms with Gasteiger partial charge in [0.25, 0.3) is 0 Å². The number of carboxylic acids is 1. The molecule has 1 fully saturated rings. The number of ether oxygens (including phenoxy) is 2. The second-order valence-corrected chi connectivity index (χ2v) is 10.5. The van der Waals surface area contributed by atoms with Crippen LogP contribution in [0, 0.1) is 6.92 Å². The predicted octanol–water partition coefficient (Wildman–Crippen LogP) is 5.55. The molecule has 1 aliphatic rings. The van der Waals surface area contributed by atoms with E-state index in [1.807, 2.05) is 70.2 Å². The number of fused-ring (bicyclic) bond motifs is 1. The second-order valence-electron chi connectivity index (χ2n) is 10.1. The Labute approximate surface area is 217 Å². The Morgan fingerprint density at radius 2 is 1.89 bits per heavy atom. The van der Waals surface area contributed by atoms with Gasteiger partial charge in [0.15, 0.2) is 6.10 Å². The quantitative estimate of drug-likeness (QED) is 0.410. The van der Waals surface area contributed by atoms with Gasteiger partial charge in [0.2, 0.25) is 0 Å². The van der Waals surface area contributed by atoms with Gasteiger partial charge in [-0.1, -0.05) is 23.7 Å². The van der Waals surface area contributed by atoms with Crippen LogP contribution in [0.5, 0.6) is 0 Å². The maximum absolute atomic E-state index is 12.4. The van der Waals surface area contributed by atoms with E-state index in [9.17, 15) is 9.90 Å². The van der Waals surface area contributed by atoms with Crippen LogP contribution < -0.4 is 5.32 Å². The number of carboxylic acid groups (broad SMARTS) is 1. The average Bonchev–Trinajstić information content (AvgIpc) is 2.82. The van der Waals surface area contributed by atoms with Gasteiger partial charge in [-0.2, -0.15) is 0 Å². The molecule has 1 aliphatic heterocycles. The molecule has 7 nitrogen and oxygen atoms in total. The summed E-state index contributed by atoms with van der Waals surface area (Å²) in [6, 6.07) is 13.3. The van der Waals surface area contributed by atoms with Gasteiger partial charge in [0, 0.05) is 42.2 Å². The van der Waals surface area contributed by atoms with Crippen molar-refractivity contribution < 1.29 is 19.4 Å². The van der Waals surface area contributed by atoms with Crippen molar-refractivity contribution in [2.45, 2.75) is 39.4 Å². The van der Waals surface area contributed by atoms with Crippen LogP contribution in [-0.2, 0) is 14.3 Å². The van der Waals surface area contributed by atoms with Gasteiger partial charge in [0.1, 0.15) is 5.82 Å². The Kier molecular flexibility index (Phi) is 8.15. The maximum Gasteiger partial charge on any atom is 0.337 e. The first kappa shape index (κ1) is 26.4. The molecule has 2 heterocycles. The van der Waals surface area contributed by atoms with Crippen molar-refractivity contribution >= 4 is 34.3 Å². The standard InChI is InChI=1S/C28H34ClN3O4/c1-18-17-22-21(9-10-23(31-22)30-11-12-32-13-15-35-16-14-32)25(19-5-7-20(29)8-6-19)24(18)26(27(33)34)36-28(2,3)4/h5-10,17,26H,11-16H2,1-4H3,(H,30,31)(H,33,34). The Hall–Kier alpha value is -2.71. The molecule has 0 radical (unpaired) electrons. The van der Waals surface area contributed by atoms with Crippen LogP contribution in [0.4, 0.5) is 5.82 Å². The van der Waals surface area contributed by atoms with E-state index in [4.69, 9.17) is 26.1 Å². The number of halogens is 1. The van der Waals surface area contributed by atoms with E-state index in [0.717, 1.165) is 72.8 Å². The zero-order chi connectivity index (χ0) is 25.9. The lowest BCUT2D eigenvalue weighted by molar-refractivity contribution is -0.160. The number of hydrogen-bond acceptors (Lipinski definition) is 6. The number of aliphatic carboxylic acids is 1. The molecule has 3 aromatic rings. The van der Waals surface area contributed by atoms with Crippen LogP contribution in [0.25, 0.3) is 22.0 Å². The fourth-order valence-electron chi connectivity index (χ4n) is 4.54. The summed E-state index contributed by atoms with van der Waals surface area (Å²) in [5.41, 5.74) is 3.24. The number of rotatable bonds is 8. The van der Waals surface area contributed by atoms with Gasteiger partial charge < -0.3 is 19.9 Å². The number of pyridine rings is 1. The summed E-state index contributed by atoms with van der Waals surface area (Å²) in [6.45, 7) is 12.6. The van der Waals surface area contributed by atoms with Crippen LogP contribution in [0.1, 0.15) is 38.0 Å². The minimum absolute atomic E-state index is 0.614. The highest BCUT2D eigenvalue weighted by atomic mass is 35.5. The highest BCUT2D eigenvalue weighted by Gasteiger charge is 2.31. The highest BCUT2D eigenvalue weighted by molar-refractivity contribution is 6.30. The van der Waals surface area contributed by atoms with E-state index in [2.05, 4.69) is 10.2 Å². The number of nitrogens with zero attached hydrogens (tertiary/aromatic N) is 2. The molecule has 8 heteroatoms. The molecule has 1 saturated heterocycles. The van der Waals surface area contributed by atoms with Gasteiger partial charge >= 0.3 is 5.97 Å². The molecule has 2 aromatic carbocycles. The lowest BCUT2D eigenvalue weighted by Crippen LogP contribution is -2.39. The van der Waals surface area contributed by atoms with Crippen molar-refractivity contribution in [3.05, 3.63) is 58.6 Å². The van der Waals surface area contributed by atoms with Crippen molar-refractivity contribution in [2.75, 3.05) is 44.7 Å². The van der Waals surface area contributed by atoms with Crippen molar-refractivity contribution in [3.8, 4) is 11.1 Å². The van der Waals surface area contributed by atoms with Gasteiger partial charge in [-0.25, -0.2) is 9.78 Å². The van der Waals surface area contributed by atoms with Gasteiger partial charge in [-0.05, 0) is 74.7 Å². The number of carbonyl (C=O) groups is 1. The Balaban J connectivity index is 1.75. The highest BCUT2D eigenvalue weighted by Crippen LogP contribution is 2.40. The number of aromatic nitrogens is 1. The monoisotopic (exact) mass is 511 g/mol. The SMILES string of the molecule is Cc1cc2nc(NCCN3CCOCC3)ccc2c(-c2ccc(Cl)cc2)c1C(OC(C)(C)C)C(=O)O. The van der Waals surface area contributed by atoms with Crippen molar-refractivity contribution in [1.82, 2.24) is 9.88 Å². The summed E-state index contributed by atoms with van der Waals surface area (Å²) in [5.74, 6) is -0.248. The average molecular weight is 512 g/mol. The van der Waals surface area contributed by atoms with E-state index in [0.29, 0.717) is 10.6 Å². The third kappa shape index (κ3) is 6.34. The summed E-state index contributed by atoms with van der Waals surface area (Å²) in [5, 5.41) is 15.1. The topological polar surface area (TPSA) is 83.9 Å². The number of morpholine rings is 1. The lowest BCUT2D eigenvalue weighted by Gasteiger charge is -2.28. The molecular weight excluding hydrogens is 478 g/mol. The molecule has 36 heavy (non-hydrogen) atoms. The van der Waals surface area contributed by atoms with Crippen LogP contribution in [0.15, 0.2) is 42.5 Å². The summed E-state index contributed by atoms with van der Waals surface area (Å²) < 4.78 is 11.5. The first-order valence-corrected chi connectivity index (χ1v) is 12.6. The molecule has 0 bridgehead atoms. The predicted molar refractivity (Wildman–Crippen MR) is 144 cm³/mol. The van der Waals surface area contributed by atoms with E-state index < -0.39 is 17.7 Å². The Morgan fingerprint density at radius 1 is 1.19 bits per heavy atom. The molecule has 2 N–H and O–H groups in total. The van der Waals surface area contributed by atoms with Crippen LogP contribution in [-0.4, -0.2) is 66.0 Å². The van der Waals surface area contributed by atoms with Crippen molar-refractivity contribution in [1.29, 1.82) is 0 Å². The summed E-state index contributed by atoms with van der Waals surface area (Å²) in [6.07, 6.45) is -1.13. The van der Waals surface area contributed by atoms with E-state index in [1.54, 1.807) is 0 Å². The number of anilines is 1. The molecule has 0 saturated carbocycles. The molecular formula is C28H34ClN3O4. The van der Waals surface area contributed by atoms with Crippen LogP contribution >= 0.6 is 11.6 Å². The molecule has 1 atom stereocenters. The Morgan fingerprint density at radius 3 is 2.53 bits per heavy atom. The lowest BCUT2D eigenvalue weighted by atomic mass is 9.88. The molecule has 0 amide bonds. The zero-order valence-corrected chi connectivity index (χ0v) is 22.1. The first-order valence-electron chi connectivity index (χ1n) is 12.3. The van der Waals surface area contributed by atoms with E-state index in [1.165, 1.54) is 0 Å². The number of nitrogens with one attached hydrogen (secondary N) is 1. The fourth-order valence-corrected chi connectivity index (χ4v) is 4.66. The maximum atomic E-state index is 12.4.